The number of nitrogens with zero attached hydrogens (tertiary/aromatic N) is 2. The number of piperazine rings is 1. The number of halogens is 4. The van der Waals surface area contributed by atoms with Crippen LogP contribution < -0.4 is 9.64 Å². The zero-order valence-electron chi connectivity index (χ0n) is 17.5. The Balaban J connectivity index is 1.40. The number of hydrogen-bond donors (Lipinski definition) is 0. The van der Waals surface area contributed by atoms with E-state index in [1.165, 1.54) is 36.4 Å². The van der Waals surface area contributed by atoms with Crippen LogP contribution in [0, 0.1) is 17.5 Å². The lowest BCUT2D eigenvalue weighted by Gasteiger charge is -2.36. The molecule has 168 valence electrons. The van der Waals surface area contributed by atoms with Gasteiger partial charge in [-0.25, -0.2) is 13.2 Å². The van der Waals surface area contributed by atoms with E-state index in [9.17, 15) is 13.2 Å². The minimum Gasteiger partial charge on any atom is -0.486 e. The fourth-order valence-electron chi connectivity index (χ4n) is 3.91. The van der Waals surface area contributed by atoms with E-state index in [1.54, 1.807) is 30.3 Å². The minimum absolute atomic E-state index is 0.0355. The molecule has 0 aliphatic carbocycles. The van der Waals surface area contributed by atoms with E-state index in [1.807, 2.05) is 0 Å². The van der Waals surface area contributed by atoms with Crippen molar-refractivity contribution < 1.29 is 17.9 Å². The third-order valence-corrected chi connectivity index (χ3v) is 5.98. The monoisotopic (exact) mass is 460 g/mol. The lowest BCUT2D eigenvalue weighted by atomic mass is 10.0. The van der Waals surface area contributed by atoms with Crippen LogP contribution in [-0.2, 0) is 0 Å². The first kappa shape index (κ1) is 22.5. The molecule has 32 heavy (non-hydrogen) atoms. The van der Waals surface area contributed by atoms with Crippen LogP contribution in [0.5, 0.6) is 5.75 Å². The Morgan fingerprint density at radius 1 is 0.844 bits per heavy atom. The van der Waals surface area contributed by atoms with Gasteiger partial charge in [0.15, 0.2) is 0 Å². The molecule has 0 unspecified atom stereocenters. The van der Waals surface area contributed by atoms with Gasteiger partial charge in [0.25, 0.3) is 0 Å². The molecule has 0 aromatic heterocycles. The van der Waals surface area contributed by atoms with Gasteiger partial charge in [-0.2, -0.15) is 0 Å². The largest absolute Gasteiger partial charge is 0.486 e. The molecule has 1 heterocycles. The fourth-order valence-corrected chi connectivity index (χ4v) is 4.08. The fraction of sp³-hybridized carbons (Fsp3) is 0.280. The van der Waals surface area contributed by atoms with Gasteiger partial charge in [0.1, 0.15) is 29.3 Å². The van der Waals surface area contributed by atoms with Crippen molar-refractivity contribution in [3.05, 3.63) is 94.8 Å². The molecule has 0 bridgehead atoms. The van der Waals surface area contributed by atoms with E-state index < -0.39 is 11.9 Å². The Bertz CT molecular complexity index is 1040. The van der Waals surface area contributed by atoms with Crippen LogP contribution in [0.1, 0.15) is 18.1 Å². The highest BCUT2D eigenvalue weighted by Crippen LogP contribution is 2.30. The van der Waals surface area contributed by atoms with Gasteiger partial charge in [-0.05, 0) is 42.5 Å². The number of hydrogen-bond acceptors (Lipinski definition) is 3. The van der Waals surface area contributed by atoms with Crippen LogP contribution in [0.2, 0.25) is 5.02 Å². The third-order valence-electron chi connectivity index (χ3n) is 5.69. The summed E-state index contributed by atoms with van der Waals surface area (Å²) in [5, 5.41) is -0.0355. The highest BCUT2D eigenvalue weighted by atomic mass is 35.5. The van der Waals surface area contributed by atoms with Crippen molar-refractivity contribution in [2.24, 2.45) is 0 Å². The number of rotatable bonds is 7. The summed E-state index contributed by atoms with van der Waals surface area (Å²) < 4.78 is 47.2. The van der Waals surface area contributed by atoms with Crippen LogP contribution >= 0.6 is 11.6 Å². The van der Waals surface area contributed by atoms with Crippen molar-refractivity contribution >= 4 is 17.3 Å². The first-order chi connectivity index (χ1) is 15.5. The van der Waals surface area contributed by atoms with Crippen molar-refractivity contribution in [2.75, 3.05) is 37.6 Å². The zero-order valence-corrected chi connectivity index (χ0v) is 18.2. The van der Waals surface area contributed by atoms with Crippen molar-refractivity contribution in [1.82, 2.24) is 4.90 Å². The van der Waals surface area contributed by atoms with E-state index in [-0.39, 0.29) is 16.7 Å². The summed E-state index contributed by atoms with van der Waals surface area (Å²) in [4.78, 5) is 4.52. The minimum atomic E-state index is -0.534. The zero-order chi connectivity index (χ0) is 22.5. The lowest BCUT2D eigenvalue weighted by molar-refractivity contribution is 0.156. The van der Waals surface area contributed by atoms with Gasteiger partial charge >= 0.3 is 0 Å². The predicted octanol–water partition coefficient (Wildman–Crippen LogP) is 6.09. The molecule has 1 fully saturated rings. The van der Waals surface area contributed by atoms with E-state index in [2.05, 4.69) is 9.80 Å². The molecule has 7 heteroatoms. The van der Waals surface area contributed by atoms with Crippen molar-refractivity contribution in [3.63, 3.8) is 0 Å². The predicted molar refractivity (Wildman–Crippen MR) is 121 cm³/mol. The average Bonchev–Trinajstić information content (AvgIpc) is 2.80. The van der Waals surface area contributed by atoms with Gasteiger partial charge in [-0.15, -0.1) is 0 Å². The molecule has 3 aromatic rings. The summed E-state index contributed by atoms with van der Waals surface area (Å²) in [6, 6.07) is 17.2. The second-order valence-corrected chi connectivity index (χ2v) is 8.20. The Hall–Kier alpha value is -2.70. The first-order valence-electron chi connectivity index (χ1n) is 10.6. The maximum atomic E-state index is 14.5. The molecule has 0 N–H and O–H groups in total. The highest BCUT2D eigenvalue weighted by Gasteiger charge is 2.22. The number of anilines is 1. The van der Waals surface area contributed by atoms with E-state index in [0.29, 0.717) is 24.3 Å². The molecule has 1 saturated heterocycles. The summed E-state index contributed by atoms with van der Waals surface area (Å²) >= 11 is 5.88. The smallest absolute Gasteiger partial charge is 0.142 e. The van der Waals surface area contributed by atoms with Crippen molar-refractivity contribution in [1.29, 1.82) is 0 Å². The molecule has 1 aliphatic rings. The van der Waals surface area contributed by atoms with Crippen LogP contribution in [-0.4, -0.2) is 37.6 Å². The van der Waals surface area contributed by atoms with Gasteiger partial charge in [0.2, 0.25) is 0 Å². The summed E-state index contributed by atoms with van der Waals surface area (Å²) in [5.41, 5.74) is 1.46. The lowest BCUT2D eigenvalue weighted by Crippen LogP contribution is -2.46. The van der Waals surface area contributed by atoms with E-state index >= 15 is 0 Å². The molecule has 4 rings (SSSR count). The second-order valence-electron chi connectivity index (χ2n) is 7.80. The molecule has 3 nitrogen and oxygen atoms in total. The van der Waals surface area contributed by atoms with Crippen LogP contribution in [0.4, 0.5) is 18.9 Å². The Morgan fingerprint density at radius 3 is 2.25 bits per heavy atom. The van der Waals surface area contributed by atoms with E-state index in [0.717, 1.165) is 31.9 Å². The van der Waals surface area contributed by atoms with Crippen LogP contribution in [0.3, 0.4) is 0 Å². The standard InChI is InChI=1S/C25H24ClF3N2O/c26-22-17-20(9-10-24(22)29)32-25(21-3-1-2-4-23(21)28)11-12-30-13-15-31(16-14-30)19-7-5-18(27)6-8-19/h1-10,17,25H,11-16H2/t25-/m0/s1. The van der Waals surface area contributed by atoms with Crippen molar-refractivity contribution in [3.8, 4) is 5.75 Å². The quantitative estimate of drug-likeness (QED) is 0.424. The SMILES string of the molecule is Fc1ccc(N2CCN(CC[C@H](Oc3ccc(F)c(Cl)c3)c3ccccc3F)CC2)cc1. The van der Waals surface area contributed by atoms with Crippen LogP contribution in [0.25, 0.3) is 0 Å². The maximum Gasteiger partial charge on any atom is 0.142 e. The Kier molecular flexibility index (Phi) is 7.22. The molecular formula is C25H24ClF3N2O. The summed E-state index contributed by atoms with van der Waals surface area (Å²) in [7, 11) is 0. The molecule has 0 saturated carbocycles. The normalized spacial score (nSPS) is 15.6. The summed E-state index contributed by atoms with van der Waals surface area (Å²) in [6.07, 6.45) is 0.0276. The van der Waals surface area contributed by atoms with Crippen LogP contribution in [0.15, 0.2) is 66.7 Å². The average molecular weight is 461 g/mol. The first-order valence-corrected chi connectivity index (χ1v) is 11.0. The molecule has 0 spiro atoms. The van der Waals surface area contributed by atoms with Gasteiger partial charge in [0.05, 0.1) is 5.02 Å². The third kappa shape index (κ3) is 5.56. The molecule has 0 amide bonds. The maximum absolute atomic E-state index is 14.5. The number of benzene rings is 3. The number of ether oxygens (including phenoxy) is 1. The molecular weight excluding hydrogens is 437 g/mol. The Labute approximate surface area is 191 Å². The highest BCUT2D eigenvalue weighted by molar-refractivity contribution is 6.30. The van der Waals surface area contributed by atoms with E-state index in [4.69, 9.17) is 16.3 Å². The van der Waals surface area contributed by atoms with Crippen molar-refractivity contribution in [2.45, 2.75) is 12.5 Å². The topological polar surface area (TPSA) is 15.7 Å². The van der Waals surface area contributed by atoms with Gasteiger partial charge in [-0.3, -0.25) is 4.90 Å². The molecule has 3 aromatic carbocycles. The molecule has 1 atom stereocenters. The molecule has 1 aliphatic heterocycles. The van der Waals surface area contributed by atoms with Gasteiger partial charge in [0, 0.05) is 56.5 Å². The molecule has 0 radical (unpaired) electrons. The summed E-state index contributed by atoms with van der Waals surface area (Å²) in [6.45, 7) is 4.04. The van der Waals surface area contributed by atoms with Gasteiger partial charge in [-0.1, -0.05) is 29.8 Å². The van der Waals surface area contributed by atoms with Gasteiger partial charge < -0.3 is 9.64 Å². The Morgan fingerprint density at radius 2 is 1.56 bits per heavy atom. The summed E-state index contributed by atoms with van der Waals surface area (Å²) in [5.74, 6) is -0.716. The second kappa shape index (κ2) is 10.3.